The van der Waals surface area contributed by atoms with Gasteiger partial charge in [0.15, 0.2) is 0 Å². The fourth-order valence-corrected chi connectivity index (χ4v) is 2.78. The maximum absolute atomic E-state index is 10.3. The molecule has 2 fully saturated rings. The first-order valence-electron chi connectivity index (χ1n) is 4.87. The monoisotopic (exact) mass is 152 g/mol. The summed E-state index contributed by atoms with van der Waals surface area (Å²) in [6.45, 7) is 0. The summed E-state index contributed by atoms with van der Waals surface area (Å²) in [4.78, 5) is 10.3. The lowest BCUT2D eigenvalue weighted by Crippen LogP contribution is -1.86. The molecule has 0 aromatic rings. The Morgan fingerprint density at radius 3 is 2.27 bits per heavy atom. The highest BCUT2D eigenvalue weighted by Gasteiger charge is 2.48. The van der Waals surface area contributed by atoms with Gasteiger partial charge < -0.3 is 4.79 Å². The summed E-state index contributed by atoms with van der Waals surface area (Å²) < 4.78 is 0. The van der Waals surface area contributed by atoms with Crippen LogP contribution in [0.3, 0.4) is 0 Å². The second kappa shape index (κ2) is 2.96. The smallest absolute Gasteiger partial charge is 0.120 e. The fraction of sp³-hybridized carbons (Fsp3) is 0.900. The minimum atomic E-state index is 0.799. The first-order valence-corrected chi connectivity index (χ1v) is 4.87. The molecule has 0 N–H and O–H groups in total. The van der Waals surface area contributed by atoms with E-state index < -0.39 is 0 Å². The highest BCUT2D eigenvalue weighted by atomic mass is 16.1. The van der Waals surface area contributed by atoms with Crippen molar-refractivity contribution in [3.05, 3.63) is 0 Å². The summed E-state index contributed by atoms with van der Waals surface area (Å²) in [5.41, 5.74) is 0. The third-order valence-electron chi connectivity index (χ3n) is 3.45. The van der Waals surface area contributed by atoms with Gasteiger partial charge in [0.25, 0.3) is 0 Å². The van der Waals surface area contributed by atoms with Crippen LogP contribution in [0.25, 0.3) is 0 Å². The molecular weight excluding hydrogens is 136 g/mol. The zero-order valence-corrected chi connectivity index (χ0v) is 6.96. The normalized spacial score (nSPS) is 42.4. The highest BCUT2D eigenvalue weighted by Crippen LogP contribution is 2.55. The van der Waals surface area contributed by atoms with Crippen molar-refractivity contribution in [1.29, 1.82) is 0 Å². The molecule has 0 aromatic heterocycles. The zero-order chi connectivity index (χ0) is 7.68. The Hall–Kier alpha value is -0.330. The number of rotatable bonds is 2. The van der Waals surface area contributed by atoms with Gasteiger partial charge in [0.1, 0.15) is 6.29 Å². The first-order chi connectivity index (χ1) is 5.43. The van der Waals surface area contributed by atoms with Crippen molar-refractivity contribution in [1.82, 2.24) is 0 Å². The Morgan fingerprint density at radius 1 is 1.09 bits per heavy atom. The summed E-state index contributed by atoms with van der Waals surface area (Å²) in [7, 11) is 0. The lowest BCUT2D eigenvalue weighted by molar-refractivity contribution is -0.108. The molecule has 0 heterocycles. The molecule has 2 unspecified atom stereocenters. The van der Waals surface area contributed by atoms with Crippen LogP contribution in [0.1, 0.15) is 38.5 Å². The van der Waals surface area contributed by atoms with Gasteiger partial charge in [-0.1, -0.05) is 19.3 Å². The molecular formula is C10H16O. The Bertz CT molecular complexity index is 141. The maximum atomic E-state index is 10.3. The lowest BCUT2D eigenvalue weighted by atomic mass is 10.1. The molecule has 62 valence electrons. The van der Waals surface area contributed by atoms with Crippen molar-refractivity contribution in [2.24, 2.45) is 17.8 Å². The SMILES string of the molecule is O=CCC1C2CCCCCC12. The van der Waals surface area contributed by atoms with E-state index in [4.69, 9.17) is 0 Å². The van der Waals surface area contributed by atoms with Crippen LogP contribution in [0.4, 0.5) is 0 Å². The molecule has 2 aliphatic rings. The first kappa shape index (κ1) is 7.33. The van der Waals surface area contributed by atoms with E-state index in [9.17, 15) is 4.79 Å². The molecule has 0 bridgehead atoms. The number of carbonyl (C=O) groups is 1. The summed E-state index contributed by atoms with van der Waals surface area (Å²) in [5.74, 6) is 2.69. The van der Waals surface area contributed by atoms with Gasteiger partial charge in [-0.3, -0.25) is 0 Å². The molecule has 2 rings (SSSR count). The van der Waals surface area contributed by atoms with Crippen LogP contribution in [0.2, 0.25) is 0 Å². The molecule has 0 aliphatic heterocycles. The quantitative estimate of drug-likeness (QED) is 0.555. The molecule has 1 heteroatoms. The van der Waals surface area contributed by atoms with Gasteiger partial charge in [-0.15, -0.1) is 0 Å². The Kier molecular flexibility index (Phi) is 1.97. The summed E-state index contributed by atoms with van der Waals surface area (Å²) in [6.07, 6.45) is 9.02. The van der Waals surface area contributed by atoms with Crippen LogP contribution in [0, 0.1) is 17.8 Å². The zero-order valence-electron chi connectivity index (χ0n) is 6.96. The average molecular weight is 152 g/mol. The summed E-state index contributed by atoms with van der Waals surface area (Å²) in [6, 6.07) is 0. The molecule has 11 heavy (non-hydrogen) atoms. The lowest BCUT2D eigenvalue weighted by Gasteiger charge is -1.97. The summed E-state index contributed by atoms with van der Waals surface area (Å²) >= 11 is 0. The van der Waals surface area contributed by atoms with Crippen molar-refractivity contribution in [2.45, 2.75) is 38.5 Å². The van der Waals surface area contributed by atoms with Gasteiger partial charge >= 0.3 is 0 Å². The molecule has 0 radical (unpaired) electrons. The van der Waals surface area contributed by atoms with E-state index in [0.717, 1.165) is 30.5 Å². The third-order valence-corrected chi connectivity index (χ3v) is 3.45. The van der Waals surface area contributed by atoms with E-state index in [1.165, 1.54) is 32.1 Å². The third kappa shape index (κ3) is 1.33. The van der Waals surface area contributed by atoms with Crippen molar-refractivity contribution in [3.8, 4) is 0 Å². The maximum Gasteiger partial charge on any atom is 0.120 e. The van der Waals surface area contributed by atoms with Crippen LogP contribution in [0.5, 0.6) is 0 Å². The van der Waals surface area contributed by atoms with Crippen molar-refractivity contribution < 1.29 is 4.79 Å². The van der Waals surface area contributed by atoms with Gasteiger partial charge in [-0.05, 0) is 30.6 Å². The van der Waals surface area contributed by atoms with Gasteiger partial charge in [0, 0.05) is 6.42 Å². The van der Waals surface area contributed by atoms with Gasteiger partial charge in [-0.2, -0.15) is 0 Å². The summed E-state index contributed by atoms with van der Waals surface area (Å²) in [5, 5.41) is 0. The number of aldehydes is 1. The standard InChI is InChI=1S/C10H16O/c11-7-6-10-8-4-2-1-3-5-9(8)10/h7-10H,1-6H2. The second-order valence-corrected chi connectivity index (χ2v) is 4.03. The molecule has 2 atom stereocenters. The topological polar surface area (TPSA) is 17.1 Å². The van der Waals surface area contributed by atoms with Gasteiger partial charge in [-0.25, -0.2) is 0 Å². The van der Waals surface area contributed by atoms with Gasteiger partial charge in [0.05, 0.1) is 0 Å². The molecule has 0 aromatic carbocycles. The Balaban J connectivity index is 1.86. The van der Waals surface area contributed by atoms with Crippen LogP contribution in [-0.2, 0) is 4.79 Å². The van der Waals surface area contributed by atoms with E-state index in [2.05, 4.69) is 0 Å². The van der Waals surface area contributed by atoms with Crippen LogP contribution in [0.15, 0.2) is 0 Å². The van der Waals surface area contributed by atoms with E-state index in [1.807, 2.05) is 0 Å². The minimum absolute atomic E-state index is 0.799. The fourth-order valence-electron chi connectivity index (χ4n) is 2.78. The van der Waals surface area contributed by atoms with Gasteiger partial charge in [0.2, 0.25) is 0 Å². The van der Waals surface area contributed by atoms with Crippen molar-refractivity contribution in [2.75, 3.05) is 0 Å². The molecule has 2 saturated carbocycles. The second-order valence-electron chi connectivity index (χ2n) is 4.03. The number of hydrogen-bond donors (Lipinski definition) is 0. The highest BCUT2D eigenvalue weighted by molar-refractivity contribution is 5.50. The van der Waals surface area contributed by atoms with E-state index in [-0.39, 0.29) is 0 Å². The number of carbonyl (C=O) groups excluding carboxylic acids is 1. The van der Waals surface area contributed by atoms with E-state index in [1.54, 1.807) is 0 Å². The Morgan fingerprint density at radius 2 is 1.73 bits per heavy atom. The van der Waals surface area contributed by atoms with Crippen molar-refractivity contribution >= 4 is 6.29 Å². The number of hydrogen-bond acceptors (Lipinski definition) is 1. The molecule has 2 aliphatic carbocycles. The van der Waals surface area contributed by atoms with Crippen LogP contribution in [-0.4, -0.2) is 6.29 Å². The molecule has 0 amide bonds. The average Bonchev–Trinajstić information content (AvgIpc) is 2.68. The van der Waals surface area contributed by atoms with Crippen molar-refractivity contribution in [3.63, 3.8) is 0 Å². The molecule has 0 spiro atoms. The predicted molar refractivity (Wildman–Crippen MR) is 44.2 cm³/mol. The largest absolute Gasteiger partial charge is 0.303 e. The number of fused-ring (bicyclic) bond motifs is 1. The van der Waals surface area contributed by atoms with Crippen LogP contribution < -0.4 is 0 Å². The minimum Gasteiger partial charge on any atom is -0.303 e. The predicted octanol–water partition coefficient (Wildman–Crippen LogP) is 2.40. The van der Waals surface area contributed by atoms with E-state index >= 15 is 0 Å². The molecule has 1 nitrogen and oxygen atoms in total. The van der Waals surface area contributed by atoms with E-state index in [0.29, 0.717) is 0 Å². The van der Waals surface area contributed by atoms with Crippen LogP contribution >= 0.6 is 0 Å². The Labute approximate surface area is 68.2 Å². The molecule has 0 saturated heterocycles.